The van der Waals surface area contributed by atoms with E-state index in [1.54, 1.807) is 10.9 Å². The van der Waals surface area contributed by atoms with Gasteiger partial charge < -0.3 is 20.3 Å². The molecule has 0 spiro atoms. The quantitative estimate of drug-likeness (QED) is 0.299. The maximum atomic E-state index is 12.9. The first-order valence-electron chi connectivity index (χ1n) is 12.7. The molecule has 3 N–H and O–H groups in total. The second-order valence-corrected chi connectivity index (χ2v) is 9.47. The second kappa shape index (κ2) is 11.4. The lowest BCUT2D eigenvalue weighted by Crippen LogP contribution is -2.39. The second-order valence-electron chi connectivity index (χ2n) is 9.47. The topological polar surface area (TPSA) is 91.1 Å². The Morgan fingerprint density at radius 1 is 0.921 bits per heavy atom. The van der Waals surface area contributed by atoms with Gasteiger partial charge in [0.05, 0.1) is 25.0 Å². The fourth-order valence-electron chi connectivity index (χ4n) is 4.68. The van der Waals surface area contributed by atoms with Crippen LogP contribution in [-0.2, 0) is 19.3 Å². The lowest BCUT2D eigenvalue weighted by atomic mass is 10.0. The molecule has 8 nitrogen and oxygen atoms in total. The predicted octanol–water partition coefficient (Wildman–Crippen LogP) is 4.37. The van der Waals surface area contributed by atoms with Crippen molar-refractivity contribution in [2.75, 3.05) is 36.9 Å². The van der Waals surface area contributed by atoms with Crippen LogP contribution in [0.1, 0.15) is 29.5 Å². The fraction of sp³-hybridized carbons (Fsp3) is 0.370. The Morgan fingerprint density at radius 2 is 1.63 bits per heavy atom. The molecule has 0 bridgehead atoms. The number of halogens is 3. The zero-order valence-electron chi connectivity index (χ0n) is 20.8. The number of hydrogen-bond donors (Lipinski definition) is 3. The SMILES string of the molecule is OCCNc1nc(NC2CCN(Cc3ccccc3)CC2)nc2c1ncn2Cc1ccc(C(F)(F)F)cc1. The van der Waals surface area contributed by atoms with Gasteiger partial charge in [0.2, 0.25) is 5.95 Å². The molecule has 38 heavy (non-hydrogen) atoms. The molecule has 0 radical (unpaired) electrons. The number of fused-ring (bicyclic) bond motifs is 1. The largest absolute Gasteiger partial charge is 0.416 e. The normalized spacial score (nSPS) is 15.2. The van der Waals surface area contributed by atoms with Crippen LogP contribution in [0.5, 0.6) is 0 Å². The molecule has 1 aliphatic rings. The average molecular weight is 526 g/mol. The van der Waals surface area contributed by atoms with Crippen LogP contribution in [0, 0.1) is 0 Å². The van der Waals surface area contributed by atoms with E-state index in [2.05, 4.69) is 49.8 Å². The van der Waals surface area contributed by atoms with Gasteiger partial charge in [0.25, 0.3) is 0 Å². The van der Waals surface area contributed by atoms with Gasteiger partial charge in [0.1, 0.15) is 0 Å². The first-order chi connectivity index (χ1) is 18.4. The summed E-state index contributed by atoms with van der Waals surface area (Å²) in [6.45, 7) is 3.37. The standard InChI is InChI=1S/C27H30F3N7O/c28-27(29,30)21-8-6-20(7-9-21)17-37-18-32-23-24(31-12-15-38)34-26(35-25(23)37)33-22-10-13-36(14-11-22)16-19-4-2-1-3-5-19/h1-9,18,22,38H,10-17H2,(H2,31,33,34,35). The smallest absolute Gasteiger partial charge is 0.395 e. The van der Waals surface area contributed by atoms with Crippen LogP contribution in [0.4, 0.5) is 24.9 Å². The average Bonchev–Trinajstić information content (AvgIpc) is 3.31. The van der Waals surface area contributed by atoms with E-state index in [-0.39, 0.29) is 12.6 Å². The van der Waals surface area contributed by atoms with Crippen molar-refractivity contribution in [3.05, 3.63) is 77.6 Å². The minimum atomic E-state index is -4.38. The molecule has 1 saturated heterocycles. The third kappa shape index (κ3) is 6.22. The highest BCUT2D eigenvalue weighted by atomic mass is 19.4. The Bertz CT molecular complexity index is 1330. The Balaban J connectivity index is 1.31. The van der Waals surface area contributed by atoms with Crippen LogP contribution in [0.25, 0.3) is 11.2 Å². The van der Waals surface area contributed by atoms with Crippen molar-refractivity contribution in [2.24, 2.45) is 0 Å². The Kier molecular flexibility index (Phi) is 7.75. The first-order valence-corrected chi connectivity index (χ1v) is 12.7. The number of alkyl halides is 3. The van der Waals surface area contributed by atoms with Crippen molar-refractivity contribution in [3.63, 3.8) is 0 Å². The predicted molar refractivity (Wildman–Crippen MR) is 140 cm³/mol. The molecule has 2 aromatic heterocycles. The van der Waals surface area contributed by atoms with Gasteiger partial charge in [-0.3, -0.25) is 4.90 Å². The number of aromatic nitrogens is 4. The molecule has 0 atom stereocenters. The lowest BCUT2D eigenvalue weighted by molar-refractivity contribution is -0.137. The van der Waals surface area contributed by atoms with Crippen molar-refractivity contribution in [1.82, 2.24) is 24.4 Å². The third-order valence-corrected chi connectivity index (χ3v) is 6.67. The summed E-state index contributed by atoms with van der Waals surface area (Å²) in [6, 6.07) is 15.7. The van der Waals surface area contributed by atoms with Gasteiger partial charge in [-0.2, -0.15) is 23.1 Å². The molecule has 4 aromatic rings. The summed E-state index contributed by atoms with van der Waals surface area (Å²) in [7, 11) is 0. The summed E-state index contributed by atoms with van der Waals surface area (Å²) in [4.78, 5) is 16.2. The highest BCUT2D eigenvalue weighted by Crippen LogP contribution is 2.29. The monoisotopic (exact) mass is 525 g/mol. The Morgan fingerprint density at radius 3 is 2.32 bits per heavy atom. The third-order valence-electron chi connectivity index (χ3n) is 6.67. The summed E-state index contributed by atoms with van der Waals surface area (Å²) >= 11 is 0. The molecule has 0 amide bonds. The highest BCUT2D eigenvalue weighted by Gasteiger charge is 2.30. The summed E-state index contributed by atoms with van der Waals surface area (Å²) in [5.41, 5.74) is 2.41. The van der Waals surface area contributed by atoms with Crippen LogP contribution in [-0.4, -0.2) is 61.8 Å². The van der Waals surface area contributed by atoms with Crippen molar-refractivity contribution >= 4 is 22.9 Å². The molecular formula is C27H30F3N7O. The first kappa shape index (κ1) is 25.9. The number of piperidine rings is 1. The molecule has 1 aliphatic heterocycles. The number of likely N-dealkylation sites (tertiary alicyclic amines) is 1. The van der Waals surface area contributed by atoms with E-state index in [4.69, 9.17) is 4.98 Å². The van der Waals surface area contributed by atoms with E-state index in [1.165, 1.54) is 17.7 Å². The zero-order chi connectivity index (χ0) is 26.5. The molecule has 0 unspecified atom stereocenters. The summed E-state index contributed by atoms with van der Waals surface area (Å²) in [6.07, 6.45) is -0.886. The van der Waals surface area contributed by atoms with Gasteiger partial charge in [0.15, 0.2) is 17.0 Å². The number of aliphatic hydroxyl groups excluding tert-OH is 1. The van der Waals surface area contributed by atoms with Crippen molar-refractivity contribution in [3.8, 4) is 0 Å². The van der Waals surface area contributed by atoms with Crippen molar-refractivity contribution in [1.29, 1.82) is 0 Å². The van der Waals surface area contributed by atoms with Gasteiger partial charge in [-0.1, -0.05) is 42.5 Å². The van der Waals surface area contributed by atoms with Gasteiger partial charge in [-0.25, -0.2) is 4.98 Å². The fourth-order valence-corrected chi connectivity index (χ4v) is 4.68. The molecule has 0 aliphatic carbocycles. The van der Waals surface area contributed by atoms with Gasteiger partial charge in [-0.05, 0) is 36.1 Å². The van der Waals surface area contributed by atoms with E-state index in [1.807, 2.05) is 6.07 Å². The summed E-state index contributed by atoms with van der Waals surface area (Å²) in [5, 5.41) is 15.9. The van der Waals surface area contributed by atoms with E-state index < -0.39 is 11.7 Å². The maximum Gasteiger partial charge on any atom is 0.416 e. The lowest BCUT2D eigenvalue weighted by Gasteiger charge is -2.32. The number of nitrogens with zero attached hydrogens (tertiary/aromatic N) is 5. The maximum absolute atomic E-state index is 12.9. The Labute approximate surface area is 218 Å². The van der Waals surface area contributed by atoms with Gasteiger partial charge in [0, 0.05) is 32.2 Å². The zero-order valence-corrected chi connectivity index (χ0v) is 20.8. The number of benzene rings is 2. The van der Waals surface area contributed by atoms with Crippen molar-refractivity contribution in [2.45, 2.75) is 38.1 Å². The van der Waals surface area contributed by atoms with Gasteiger partial charge in [-0.15, -0.1) is 0 Å². The number of aliphatic hydroxyl groups is 1. The minimum absolute atomic E-state index is 0.0691. The van der Waals surface area contributed by atoms with Crippen molar-refractivity contribution < 1.29 is 18.3 Å². The van der Waals surface area contributed by atoms with Crippen LogP contribution < -0.4 is 10.6 Å². The minimum Gasteiger partial charge on any atom is -0.395 e. The molecule has 0 saturated carbocycles. The van der Waals surface area contributed by atoms with Gasteiger partial charge >= 0.3 is 6.18 Å². The molecule has 2 aromatic carbocycles. The summed E-state index contributed by atoms with van der Waals surface area (Å²) in [5.74, 6) is 0.952. The molecule has 200 valence electrons. The number of anilines is 2. The molecule has 5 rings (SSSR count). The summed E-state index contributed by atoms with van der Waals surface area (Å²) < 4.78 is 40.6. The molecular weight excluding hydrogens is 495 g/mol. The van der Waals surface area contributed by atoms with E-state index in [0.717, 1.165) is 44.6 Å². The van der Waals surface area contributed by atoms with Crippen LogP contribution in [0.2, 0.25) is 0 Å². The number of hydrogen-bond acceptors (Lipinski definition) is 7. The molecule has 11 heteroatoms. The Hall–Kier alpha value is -3.70. The van der Waals surface area contributed by atoms with E-state index >= 15 is 0 Å². The van der Waals surface area contributed by atoms with Crippen LogP contribution >= 0.6 is 0 Å². The van der Waals surface area contributed by atoms with Crippen LogP contribution in [0.15, 0.2) is 60.9 Å². The van der Waals surface area contributed by atoms with E-state index in [9.17, 15) is 18.3 Å². The number of imidazole rings is 1. The van der Waals surface area contributed by atoms with Crippen LogP contribution in [0.3, 0.4) is 0 Å². The highest BCUT2D eigenvalue weighted by molar-refractivity contribution is 5.84. The molecule has 1 fully saturated rings. The van der Waals surface area contributed by atoms with E-state index in [0.29, 0.717) is 41.6 Å². The number of rotatable bonds is 9. The molecule has 3 heterocycles. The number of nitrogens with one attached hydrogen (secondary N) is 2.